The molecule has 1 fully saturated rings. The molecule has 8 nitrogen and oxygen atoms in total. The Morgan fingerprint density at radius 2 is 1.81 bits per heavy atom. The van der Waals surface area contributed by atoms with E-state index in [4.69, 9.17) is 15.2 Å². The third-order valence-corrected chi connectivity index (χ3v) is 7.22. The van der Waals surface area contributed by atoms with Crippen LogP contribution in [0.2, 0.25) is 0 Å². The number of carbonyl (C=O) groups excluding carboxylic acids is 1. The molecule has 0 aliphatic heterocycles. The van der Waals surface area contributed by atoms with Crippen molar-refractivity contribution in [3.05, 3.63) is 54.1 Å². The van der Waals surface area contributed by atoms with Crippen molar-refractivity contribution in [2.24, 2.45) is 0 Å². The molecule has 3 N–H and O–H groups in total. The average Bonchev–Trinajstić information content (AvgIpc) is 3.33. The molecule has 1 aromatic carbocycles. The predicted octanol–water partition coefficient (Wildman–Crippen LogP) is 5.56. The van der Waals surface area contributed by atoms with Crippen LogP contribution in [0.3, 0.4) is 0 Å². The number of benzene rings is 1. The van der Waals surface area contributed by atoms with Crippen LogP contribution in [0.25, 0.3) is 16.9 Å². The highest BCUT2D eigenvalue weighted by atomic mass is 16.6. The van der Waals surface area contributed by atoms with Gasteiger partial charge in [-0.3, -0.25) is 0 Å². The minimum atomic E-state index is -0.501. The van der Waals surface area contributed by atoms with Crippen molar-refractivity contribution in [2.45, 2.75) is 89.9 Å². The quantitative estimate of drug-likeness (QED) is 0.483. The van der Waals surface area contributed by atoms with E-state index in [9.17, 15) is 4.79 Å². The summed E-state index contributed by atoms with van der Waals surface area (Å²) in [5, 5.41) is 3.01. The first-order valence-corrected chi connectivity index (χ1v) is 13.1. The van der Waals surface area contributed by atoms with E-state index >= 15 is 0 Å². The van der Waals surface area contributed by atoms with E-state index in [0.29, 0.717) is 5.82 Å². The van der Waals surface area contributed by atoms with Crippen molar-refractivity contribution in [1.82, 2.24) is 19.9 Å². The average molecular weight is 504 g/mol. The fourth-order valence-electron chi connectivity index (χ4n) is 5.66. The second-order valence-corrected chi connectivity index (χ2v) is 11.8. The van der Waals surface area contributed by atoms with E-state index in [1.807, 2.05) is 32.9 Å². The van der Waals surface area contributed by atoms with Crippen molar-refractivity contribution in [2.75, 3.05) is 5.73 Å². The number of rotatable bonds is 4. The molecule has 8 heteroatoms. The molecule has 1 amide bonds. The number of fused-ring (bicyclic) bond motifs is 3. The second-order valence-electron chi connectivity index (χ2n) is 11.8. The van der Waals surface area contributed by atoms with Crippen LogP contribution in [-0.2, 0) is 16.6 Å². The minimum Gasteiger partial charge on any atom is -0.488 e. The maximum absolute atomic E-state index is 12.2. The van der Waals surface area contributed by atoms with Gasteiger partial charge in [-0.25, -0.2) is 14.8 Å². The van der Waals surface area contributed by atoms with Gasteiger partial charge in [-0.05, 0) is 88.1 Å². The smallest absolute Gasteiger partial charge is 0.407 e. The number of anilines is 1. The molecule has 5 rings (SSSR count). The van der Waals surface area contributed by atoms with Gasteiger partial charge in [0.1, 0.15) is 23.5 Å². The summed E-state index contributed by atoms with van der Waals surface area (Å²) in [5.74, 6) is 1.40. The molecule has 0 atom stereocenters. The number of ether oxygens (including phenoxy) is 2. The van der Waals surface area contributed by atoms with Crippen LogP contribution in [0.15, 0.2) is 43.0 Å². The molecule has 0 spiro atoms. The standard InChI is InChI=1S/C29H37N5O3/c1-28(2,3)37-27(35)33-18-8-10-19(11-9-18)36-22-13-12-20-21(25(22)34-14-6-7-15-34)16-29(4,5)23-24(20)31-17-32-26(23)30/h6-7,12-15,17-19H,8-11,16H2,1-5H3,(H,33,35)(H2,30,31,32)/t18-,19-. The summed E-state index contributed by atoms with van der Waals surface area (Å²) in [7, 11) is 0. The van der Waals surface area contributed by atoms with Crippen LogP contribution < -0.4 is 15.8 Å². The third kappa shape index (κ3) is 5.15. The first-order valence-electron chi connectivity index (χ1n) is 13.1. The zero-order valence-corrected chi connectivity index (χ0v) is 22.4. The van der Waals surface area contributed by atoms with Gasteiger partial charge in [0, 0.05) is 29.6 Å². The Kier molecular flexibility index (Phi) is 6.38. The number of aromatic nitrogens is 3. The van der Waals surface area contributed by atoms with Crippen molar-refractivity contribution >= 4 is 11.9 Å². The number of hydrogen-bond acceptors (Lipinski definition) is 6. The van der Waals surface area contributed by atoms with E-state index in [-0.39, 0.29) is 23.7 Å². The number of nitrogens with two attached hydrogens (primary N) is 1. The Morgan fingerprint density at radius 1 is 1.11 bits per heavy atom. The molecular formula is C29H37N5O3. The lowest BCUT2D eigenvalue weighted by molar-refractivity contribution is 0.0471. The summed E-state index contributed by atoms with van der Waals surface area (Å²) in [5.41, 5.74) is 10.8. The topological polar surface area (TPSA) is 104 Å². The molecule has 2 aliphatic rings. The highest BCUT2D eigenvalue weighted by molar-refractivity contribution is 5.80. The third-order valence-electron chi connectivity index (χ3n) is 7.22. The van der Waals surface area contributed by atoms with Crippen molar-refractivity contribution in [1.29, 1.82) is 0 Å². The minimum absolute atomic E-state index is 0.0749. The van der Waals surface area contributed by atoms with Gasteiger partial charge in [-0.15, -0.1) is 0 Å². The van der Waals surface area contributed by atoms with Crippen LogP contribution in [0.4, 0.5) is 10.6 Å². The molecule has 2 heterocycles. The van der Waals surface area contributed by atoms with Gasteiger partial charge < -0.3 is 25.1 Å². The molecule has 2 aliphatic carbocycles. The summed E-state index contributed by atoms with van der Waals surface area (Å²) in [6, 6.07) is 8.31. The highest BCUT2D eigenvalue weighted by Crippen LogP contribution is 2.48. The van der Waals surface area contributed by atoms with Gasteiger partial charge in [0.15, 0.2) is 0 Å². The van der Waals surface area contributed by atoms with Crippen molar-refractivity contribution < 1.29 is 14.3 Å². The second kappa shape index (κ2) is 9.39. The van der Waals surface area contributed by atoms with E-state index in [1.54, 1.807) is 6.33 Å². The number of carbonyl (C=O) groups is 1. The number of nitrogens with one attached hydrogen (secondary N) is 1. The predicted molar refractivity (Wildman–Crippen MR) is 144 cm³/mol. The van der Waals surface area contributed by atoms with Crippen LogP contribution >= 0.6 is 0 Å². The maximum Gasteiger partial charge on any atom is 0.407 e. The monoisotopic (exact) mass is 503 g/mol. The van der Waals surface area contributed by atoms with Gasteiger partial charge in [-0.1, -0.05) is 13.8 Å². The Bertz CT molecular complexity index is 1290. The Labute approximate surface area is 218 Å². The van der Waals surface area contributed by atoms with E-state index < -0.39 is 5.60 Å². The molecule has 0 bridgehead atoms. The van der Waals surface area contributed by atoms with E-state index in [2.05, 4.69) is 58.2 Å². The van der Waals surface area contributed by atoms with Crippen molar-refractivity contribution in [3.8, 4) is 22.7 Å². The largest absolute Gasteiger partial charge is 0.488 e. The molecule has 0 radical (unpaired) electrons. The lowest BCUT2D eigenvalue weighted by atomic mass is 9.71. The zero-order chi connectivity index (χ0) is 26.4. The Morgan fingerprint density at radius 3 is 2.49 bits per heavy atom. The first kappa shape index (κ1) is 25.1. The molecule has 196 valence electrons. The zero-order valence-electron chi connectivity index (χ0n) is 22.4. The van der Waals surface area contributed by atoms with Crippen LogP contribution in [0.5, 0.6) is 5.75 Å². The molecule has 0 saturated heterocycles. The van der Waals surface area contributed by atoms with Gasteiger partial charge in [0.05, 0.1) is 17.5 Å². The van der Waals surface area contributed by atoms with Gasteiger partial charge in [-0.2, -0.15) is 0 Å². The molecule has 1 saturated carbocycles. The normalized spacial score (nSPS) is 20.5. The first-order chi connectivity index (χ1) is 17.5. The van der Waals surface area contributed by atoms with Crippen LogP contribution in [0, 0.1) is 0 Å². The number of hydrogen-bond donors (Lipinski definition) is 2. The number of alkyl carbamates (subject to hydrolysis) is 1. The fourth-order valence-corrected chi connectivity index (χ4v) is 5.66. The Balaban J connectivity index is 1.40. The van der Waals surface area contributed by atoms with Gasteiger partial charge in [0.25, 0.3) is 0 Å². The molecule has 3 aromatic rings. The SMILES string of the molecule is CC(C)(C)OC(=O)N[C@H]1CC[C@H](Oc2ccc3c(c2-n2cccc2)CC(C)(C)c2c(N)ncnc2-3)CC1. The summed E-state index contributed by atoms with van der Waals surface area (Å²) in [4.78, 5) is 21.1. The molecular weight excluding hydrogens is 466 g/mol. The molecule has 0 unspecified atom stereocenters. The molecule has 37 heavy (non-hydrogen) atoms. The van der Waals surface area contributed by atoms with Crippen LogP contribution in [0.1, 0.15) is 71.4 Å². The summed E-state index contributed by atoms with van der Waals surface area (Å²) < 4.78 is 14.2. The Hall–Kier alpha value is -3.55. The number of amides is 1. The van der Waals surface area contributed by atoms with E-state index in [0.717, 1.165) is 60.4 Å². The van der Waals surface area contributed by atoms with Gasteiger partial charge >= 0.3 is 6.09 Å². The highest BCUT2D eigenvalue weighted by Gasteiger charge is 2.37. The summed E-state index contributed by atoms with van der Waals surface area (Å²) >= 11 is 0. The summed E-state index contributed by atoms with van der Waals surface area (Å²) in [6.07, 6.45) is 9.60. The van der Waals surface area contributed by atoms with Gasteiger partial charge in [0.2, 0.25) is 0 Å². The lowest BCUT2D eigenvalue weighted by Gasteiger charge is -2.36. The van der Waals surface area contributed by atoms with Crippen molar-refractivity contribution in [3.63, 3.8) is 0 Å². The number of nitrogen functional groups attached to an aromatic ring is 1. The summed E-state index contributed by atoms with van der Waals surface area (Å²) in [6.45, 7) is 10.0. The number of nitrogens with zero attached hydrogens (tertiary/aromatic N) is 3. The maximum atomic E-state index is 12.2. The molecule has 2 aromatic heterocycles. The lowest BCUT2D eigenvalue weighted by Crippen LogP contribution is -2.42. The fraction of sp³-hybridized carbons (Fsp3) is 0.483. The van der Waals surface area contributed by atoms with E-state index in [1.165, 1.54) is 5.56 Å². The van der Waals surface area contributed by atoms with Crippen LogP contribution in [-0.4, -0.2) is 38.4 Å².